The highest BCUT2D eigenvalue weighted by molar-refractivity contribution is 5.15. The summed E-state index contributed by atoms with van der Waals surface area (Å²) in [5, 5.41) is 19.7. The van der Waals surface area contributed by atoms with E-state index < -0.39 is 5.60 Å². The molecule has 2 nitrogen and oxygen atoms in total. The fourth-order valence-electron chi connectivity index (χ4n) is 3.09. The van der Waals surface area contributed by atoms with E-state index in [-0.39, 0.29) is 11.5 Å². The Bertz CT molecular complexity index is 209. The van der Waals surface area contributed by atoms with Gasteiger partial charge in [-0.1, -0.05) is 20.8 Å². The van der Waals surface area contributed by atoms with Crippen molar-refractivity contribution < 1.29 is 10.2 Å². The van der Waals surface area contributed by atoms with Gasteiger partial charge >= 0.3 is 0 Å². The average Bonchev–Trinajstić information content (AvgIpc) is 1.96. The van der Waals surface area contributed by atoms with Gasteiger partial charge in [0.25, 0.3) is 0 Å². The lowest BCUT2D eigenvalue weighted by molar-refractivity contribution is -0.269. The normalized spacial score (nSPS) is 56.2. The predicted molar refractivity (Wildman–Crippen MR) is 46.6 cm³/mol. The summed E-state index contributed by atoms with van der Waals surface area (Å²) in [6.45, 7) is 6.32. The Balaban J connectivity index is 2.26. The van der Waals surface area contributed by atoms with Crippen molar-refractivity contribution in [1.82, 2.24) is 0 Å². The van der Waals surface area contributed by atoms with Crippen molar-refractivity contribution >= 4 is 0 Å². The van der Waals surface area contributed by atoms with Gasteiger partial charge in [0.2, 0.25) is 0 Å². The molecule has 2 heteroatoms. The molecule has 0 aliphatic heterocycles. The number of hydrogen-bond donors (Lipinski definition) is 2. The van der Waals surface area contributed by atoms with Gasteiger partial charge in [-0.3, -0.25) is 0 Å². The molecule has 0 radical (unpaired) electrons. The van der Waals surface area contributed by atoms with Crippen LogP contribution in [0.15, 0.2) is 0 Å². The molecule has 0 heterocycles. The average molecular weight is 170 g/mol. The highest BCUT2D eigenvalue weighted by atomic mass is 16.3. The number of aliphatic hydroxyl groups is 2. The maximum Gasteiger partial charge on any atom is 0.0728 e. The standard InChI is InChI=1S/C10H18O2/c1-6-7-4-10(12,5-8(6)11)9(7,2)3/h6-8,11-12H,4-5H2,1-3H3/t6-,7-,8-,10+/m1/s1. The minimum Gasteiger partial charge on any atom is -0.393 e. The van der Waals surface area contributed by atoms with E-state index in [9.17, 15) is 10.2 Å². The first-order chi connectivity index (χ1) is 5.38. The lowest BCUT2D eigenvalue weighted by Gasteiger charge is -2.66. The van der Waals surface area contributed by atoms with Crippen molar-refractivity contribution in [3.8, 4) is 0 Å². The molecule has 2 N–H and O–H groups in total. The lowest BCUT2D eigenvalue weighted by Crippen LogP contribution is -2.69. The van der Waals surface area contributed by atoms with Crippen LogP contribution in [0.1, 0.15) is 33.6 Å². The van der Waals surface area contributed by atoms with E-state index in [1.807, 2.05) is 0 Å². The third kappa shape index (κ3) is 0.728. The Kier molecular flexibility index (Phi) is 1.45. The van der Waals surface area contributed by atoms with Crippen LogP contribution >= 0.6 is 0 Å². The molecule has 3 saturated carbocycles. The fourth-order valence-corrected chi connectivity index (χ4v) is 3.09. The van der Waals surface area contributed by atoms with Crippen molar-refractivity contribution in [2.45, 2.75) is 45.3 Å². The van der Waals surface area contributed by atoms with Crippen LogP contribution in [0.5, 0.6) is 0 Å². The molecule has 2 bridgehead atoms. The van der Waals surface area contributed by atoms with Crippen molar-refractivity contribution in [3.63, 3.8) is 0 Å². The van der Waals surface area contributed by atoms with Gasteiger partial charge in [0.15, 0.2) is 0 Å². The first-order valence-electron chi connectivity index (χ1n) is 4.79. The second-order valence-electron chi connectivity index (χ2n) is 5.19. The third-order valence-electron chi connectivity index (χ3n) is 4.47. The Morgan fingerprint density at radius 3 is 2.25 bits per heavy atom. The first kappa shape index (κ1) is 8.52. The second-order valence-corrected chi connectivity index (χ2v) is 5.19. The Morgan fingerprint density at radius 1 is 1.25 bits per heavy atom. The van der Waals surface area contributed by atoms with E-state index >= 15 is 0 Å². The molecule has 0 saturated heterocycles. The lowest BCUT2D eigenvalue weighted by atomic mass is 9.42. The minimum absolute atomic E-state index is 0.0195. The predicted octanol–water partition coefficient (Wildman–Crippen LogP) is 1.16. The molecule has 70 valence electrons. The highest BCUT2D eigenvalue weighted by Gasteiger charge is 2.65. The van der Waals surface area contributed by atoms with E-state index in [1.165, 1.54) is 0 Å². The maximum absolute atomic E-state index is 10.1. The van der Waals surface area contributed by atoms with E-state index in [0.717, 1.165) is 6.42 Å². The zero-order valence-corrected chi connectivity index (χ0v) is 8.04. The van der Waals surface area contributed by atoms with Crippen LogP contribution in [-0.4, -0.2) is 21.9 Å². The smallest absolute Gasteiger partial charge is 0.0728 e. The number of fused-ring (bicyclic) bond motifs is 2. The molecule has 0 aromatic carbocycles. The summed E-state index contributed by atoms with van der Waals surface area (Å²) in [4.78, 5) is 0. The summed E-state index contributed by atoms with van der Waals surface area (Å²) in [6.07, 6.45) is 1.16. The summed E-state index contributed by atoms with van der Waals surface area (Å²) >= 11 is 0. The van der Waals surface area contributed by atoms with Crippen molar-refractivity contribution in [2.75, 3.05) is 0 Å². The SMILES string of the molecule is C[C@H]1[C@H](O)C[C@@]2(O)C[C@H]1C2(C)C. The van der Waals surface area contributed by atoms with Crippen LogP contribution in [-0.2, 0) is 0 Å². The number of hydrogen-bond acceptors (Lipinski definition) is 2. The molecule has 0 spiro atoms. The molecule has 4 atom stereocenters. The van der Waals surface area contributed by atoms with Crippen LogP contribution in [0, 0.1) is 17.3 Å². The number of rotatable bonds is 0. The minimum atomic E-state index is -0.580. The van der Waals surface area contributed by atoms with Gasteiger partial charge in [0, 0.05) is 6.42 Å². The van der Waals surface area contributed by atoms with Gasteiger partial charge in [0.1, 0.15) is 0 Å². The van der Waals surface area contributed by atoms with Crippen LogP contribution < -0.4 is 0 Å². The molecule has 0 amide bonds. The highest BCUT2D eigenvalue weighted by Crippen LogP contribution is 2.63. The molecule has 0 aromatic rings. The van der Waals surface area contributed by atoms with Gasteiger partial charge in [-0.25, -0.2) is 0 Å². The van der Waals surface area contributed by atoms with Gasteiger partial charge in [-0.15, -0.1) is 0 Å². The molecule has 3 aliphatic rings. The molecular weight excluding hydrogens is 152 g/mol. The van der Waals surface area contributed by atoms with Crippen molar-refractivity contribution in [1.29, 1.82) is 0 Å². The molecule has 12 heavy (non-hydrogen) atoms. The number of aliphatic hydroxyl groups excluding tert-OH is 1. The summed E-state index contributed by atoms with van der Waals surface area (Å²) in [6, 6.07) is 0. The zero-order chi connectivity index (χ0) is 9.15. The second kappa shape index (κ2) is 2.05. The summed E-state index contributed by atoms with van der Waals surface area (Å²) in [5.41, 5.74) is -0.560. The van der Waals surface area contributed by atoms with Crippen LogP contribution in [0.4, 0.5) is 0 Å². The molecule has 3 rings (SSSR count). The van der Waals surface area contributed by atoms with Crippen molar-refractivity contribution in [3.05, 3.63) is 0 Å². The topological polar surface area (TPSA) is 40.5 Å². The van der Waals surface area contributed by atoms with Crippen LogP contribution in [0.25, 0.3) is 0 Å². The summed E-state index contributed by atoms with van der Waals surface area (Å²) in [7, 11) is 0. The van der Waals surface area contributed by atoms with E-state index in [4.69, 9.17) is 0 Å². The molecular formula is C10H18O2. The largest absolute Gasteiger partial charge is 0.393 e. The van der Waals surface area contributed by atoms with Gasteiger partial charge in [-0.05, 0) is 23.7 Å². The Hall–Kier alpha value is -0.0800. The molecule has 0 unspecified atom stereocenters. The zero-order valence-electron chi connectivity index (χ0n) is 8.04. The third-order valence-corrected chi connectivity index (χ3v) is 4.47. The molecule has 3 fully saturated rings. The Labute approximate surface area is 73.6 Å². The van der Waals surface area contributed by atoms with Gasteiger partial charge in [0.05, 0.1) is 11.7 Å². The van der Waals surface area contributed by atoms with Gasteiger partial charge < -0.3 is 10.2 Å². The first-order valence-corrected chi connectivity index (χ1v) is 4.79. The van der Waals surface area contributed by atoms with E-state index in [0.29, 0.717) is 18.3 Å². The summed E-state index contributed by atoms with van der Waals surface area (Å²) in [5.74, 6) is 0.861. The molecule has 3 aliphatic carbocycles. The molecule has 0 aromatic heterocycles. The van der Waals surface area contributed by atoms with E-state index in [2.05, 4.69) is 20.8 Å². The maximum atomic E-state index is 10.1. The Morgan fingerprint density at radius 2 is 1.83 bits per heavy atom. The fraction of sp³-hybridized carbons (Fsp3) is 1.00. The quantitative estimate of drug-likeness (QED) is 0.573. The van der Waals surface area contributed by atoms with Gasteiger partial charge in [-0.2, -0.15) is 0 Å². The van der Waals surface area contributed by atoms with Crippen LogP contribution in [0.2, 0.25) is 0 Å². The van der Waals surface area contributed by atoms with E-state index in [1.54, 1.807) is 0 Å². The van der Waals surface area contributed by atoms with Crippen molar-refractivity contribution in [2.24, 2.45) is 17.3 Å². The monoisotopic (exact) mass is 170 g/mol. The van der Waals surface area contributed by atoms with Crippen LogP contribution in [0.3, 0.4) is 0 Å². The summed E-state index contributed by atoms with van der Waals surface area (Å²) < 4.78 is 0.